The quantitative estimate of drug-likeness (QED) is 0.0911. The van der Waals surface area contributed by atoms with Crippen molar-refractivity contribution >= 4 is 203 Å². The van der Waals surface area contributed by atoms with Crippen LogP contribution in [0.4, 0.5) is 51.2 Å². The first-order chi connectivity index (χ1) is 71.8. The van der Waals surface area contributed by atoms with Gasteiger partial charge in [0.2, 0.25) is 0 Å². The SMILES string of the molecule is c1ccc(-c2ccc(-c3ccc(N(c4ccc5ccccc5c4)c4ccc5c6cc7ccc(-c8ccc(-c9cccc(N(c%10ccc%11cc(-c%12ccc%13ccc(N(c%14ccc%15c%16cc%17ccccc%17cc%16n(-c%16ccccc%16)c%15c%14)c%14cccc%15c%14oc%14ccccc%14%15)cc%13c%12)ccc%11c%10)c%10ccc%11c%12cc%13ccccc%13cc%12n(-c%12ccccc%12)c%11c%10)c9)cc8)cc7cc6n(-c6ccccc6)c5c4)cc3)cc2)cc1. The number of fused-ring (bicyclic) bond motifs is 18. The highest BCUT2D eigenvalue weighted by Gasteiger charge is 2.27. The molecule has 0 bridgehead atoms. The molecular weight excluding hydrogens is 1760 g/mol. The Hall–Kier alpha value is -19.3. The molecule has 0 saturated heterocycles. The molecule has 0 fully saturated rings. The summed E-state index contributed by atoms with van der Waals surface area (Å²) in [5.74, 6) is 0. The Kier molecular flexibility index (Phi) is 19.3. The summed E-state index contributed by atoms with van der Waals surface area (Å²) < 4.78 is 14.3. The Labute approximate surface area is 836 Å². The standard InChI is InChI=1S/C138H88N6O/c1-5-23-89(24-6-1)91-43-45-92(46-44-91)93-57-62-114(63-58-93)139(116-64-59-90-25-13-14-26-97(90)77-116)119-67-70-123-129-82-108-56-53-103(74-110(108)85-133(129)144(134(123)86-119)113-36-11-4-12-37-113)95-49-47-94(48-50-95)98-31-21-38-115(76-98)140(120-68-71-122-127-80-99-27-15-17-29-101(99)83-131(127)142(135(122)87-120)111-32-7-2-8-33-111)117-66-61-106-73-104(54-55-107(106)78-117)105-52-51-96-60-65-118(79-109(96)75-105)141(130-41-22-40-126-125-39-19-20-42-137(125)145-138(126)130)121-69-72-124-128-81-100-28-16-18-30-102(100)84-132(128)143(136(124)88-121)112-34-9-3-10-35-112/h1-88H. The van der Waals surface area contributed by atoms with Crippen LogP contribution in [0.15, 0.2) is 538 Å². The molecule has 0 radical (unpaired) electrons. The molecule has 7 heteroatoms. The van der Waals surface area contributed by atoms with E-state index in [1.165, 1.54) is 92.1 Å². The number of aromatic nitrogens is 3. The van der Waals surface area contributed by atoms with Crippen LogP contribution in [0.2, 0.25) is 0 Å². The number of rotatable bonds is 17. The lowest BCUT2D eigenvalue weighted by molar-refractivity contribution is 0.669. The van der Waals surface area contributed by atoms with Gasteiger partial charge in [-0.1, -0.05) is 334 Å². The van der Waals surface area contributed by atoms with Crippen LogP contribution in [0.5, 0.6) is 0 Å². The van der Waals surface area contributed by atoms with Gasteiger partial charge in [-0.25, -0.2) is 0 Å². The molecule has 0 amide bonds. The van der Waals surface area contributed by atoms with Gasteiger partial charge in [-0.2, -0.15) is 0 Å². The van der Waals surface area contributed by atoms with Crippen molar-refractivity contribution in [2.45, 2.75) is 0 Å². The van der Waals surface area contributed by atoms with Gasteiger partial charge < -0.3 is 32.8 Å². The second kappa shape index (κ2) is 33.7. The van der Waals surface area contributed by atoms with Gasteiger partial charge in [0.15, 0.2) is 5.58 Å². The molecule has 145 heavy (non-hydrogen) atoms. The summed E-state index contributed by atoms with van der Waals surface area (Å²) in [6.07, 6.45) is 0. The molecule has 676 valence electrons. The molecule has 0 spiro atoms. The van der Waals surface area contributed by atoms with Crippen LogP contribution in [0, 0.1) is 0 Å². The Morgan fingerprint density at radius 3 is 0.931 bits per heavy atom. The average Bonchev–Trinajstić information content (AvgIpc) is 1.58. The number of hydrogen-bond donors (Lipinski definition) is 0. The third-order valence-corrected chi connectivity index (χ3v) is 30.0. The fraction of sp³-hybridized carbons (Fsp3) is 0. The van der Waals surface area contributed by atoms with Crippen molar-refractivity contribution in [1.82, 2.24) is 13.7 Å². The zero-order chi connectivity index (χ0) is 95.3. The van der Waals surface area contributed by atoms with Gasteiger partial charge >= 0.3 is 0 Å². The van der Waals surface area contributed by atoms with Crippen LogP contribution < -0.4 is 14.7 Å². The molecule has 29 rings (SSSR count). The largest absolute Gasteiger partial charge is 0.454 e. The summed E-state index contributed by atoms with van der Waals surface area (Å²) >= 11 is 0. The van der Waals surface area contributed by atoms with Gasteiger partial charge in [-0.05, 0) is 320 Å². The molecule has 0 atom stereocenters. The van der Waals surface area contributed by atoms with Crippen LogP contribution in [0.25, 0.3) is 225 Å². The maximum Gasteiger partial charge on any atom is 0.159 e. The first kappa shape index (κ1) is 82.7. The maximum atomic E-state index is 6.95. The Balaban J connectivity index is 0.515. The first-order valence-electron chi connectivity index (χ1n) is 49.8. The maximum absolute atomic E-state index is 6.95. The summed E-state index contributed by atoms with van der Waals surface area (Å²) in [6.45, 7) is 0. The molecule has 7 nitrogen and oxygen atoms in total. The molecule has 0 N–H and O–H groups in total. The van der Waals surface area contributed by atoms with Crippen LogP contribution in [0.3, 0.4) is 0 Å². The van der Waals surface area contributed by atoms with E-state index in [1.807, 2.05) is 0 Å². The van der Waals surface area contributed by atoms with Crippen LogP contribution >= 0.6 is 0 Å². The minimum absolute atomic E-state index is 0.830. The van der Waals surface area contributed by atoms with Crippen molar-refractivity contribution in [2.24, 2.45) is 0 Å². The van der Waals surface area contributed by atoms with Gasteiger partial charge in [0.25, 0.3) is 0 Å². The van der Waals surface area contributed by atoms with Crippen molar-refractivity contribution < 1.29 is 4.42 Å². The number of benzene rings is 25. The number of hydrogen-bond acceptors (Lipinski definition) is 4. The zero-order valence-electron chi connectivity index (χ0n) is 78.9. The summed E-state index contributed by atoms with van der Waals surface area (Å²) in [6, 6.07) is 197. The molecule has 0 aliphatic carbocycles. The number of furan rings is 1. The predicted octanol–water partition coefficient (Wildman–Crippen LogP) is 38.5. The number of nitrogens with zero attached hydrogens (tertiary/aromatic N) is 6. The average molecular weight is 1850 g/mol. The van der Waals surface area contributed by atoms with Gasteiger partial charge in [0.05, 0.1) is 38.8 Å². The fourth-order valence-corrected chi connectivity index (χ4v) is 22.9. The summed E-state index contributed by atoms with van der Waals surface area (Å²) in [7, 11) is 0. The highest BCUT2D eigenvalue weighted by Crippen LogP contribution is 2.51. The van der Waals surface area contributed by atoms with E-state index in [4.69, 9.17) is 4.42 Å². The highest BCUT2D eigenvalue weighted by molar-refractivity contribution is 6.19. The van der Waals surface area contributed by atoms with E-state index >= 15 is 0 Å². The minimum Gasteiger partial charge on any atom is -0.454 e. The molecule has 0 saturated carbocycles. The van der Waals surface area contributed by atoms with E-state index < -0.39 is 0 Å². The molecule has 0 unspecified atom stereocenters. The summed E-state index contributed by atoms with van der Waals surface area (Å²) in [5.41, 5.74) is 32.7. The third-order valence-electron chi connectivity index (χ3n) is 30.0. The first-order valence-corrected chi connectivity index (χ1v) is 49.8. The molecule has 29 aromatic rings. The van der Waals surface area contributed by atoms with Crippen molar-refractivity contribution in [3.8, 4) is 72.7 Å². The lowest BCUT2D eigenvalue weighted by Crippen LogP contribution is -2.10. The monoisotopic (exact) mass is 1840 g/mol. The van der Waals surface area contributed by atoms with Gasteiger partial charge in [-0.3, -0.25) is 0 Å². The summed E-state index contributed by atoms with van der Waals surface area (Å²) in [4.78, 5) is 7.25. The normalized spacial score (nSPS) is 11.9. The zero-order valence-corrected chi connectivity index (χ0v) is 78.9. The molecule has 25 aromatic carbocycles. The van der Waals surface area contributed by atoms with E-state index in [2.05, 4.69) is 562 Å². The second-order valence-electron chi connectivity index (χ2n) is 38.4. The number of anilines is 9. The van der Waals surface area contributed by atoms with Crippen molar-refractivity contribution in [3.63, 3.8) is 0 Å². The van der Waals surface area contributed by atoms with E-state index in [-0.39, 0.29) is 0 Å². The Morgan fingerprint density at radius 2 is 0.414 bits per heavy atom. The number of para-hydroxylation sites is 5. The van der Waals surface area contributed by atoms with E-state index in [0.29, 0.717) is 0 Å². The predicted molar refractivity (Wildman–Crippen MR) is 613 cm³/mol. The van der Waals surface area contributed by atoms with Crippen LogP contribution in [0.1, 0.15) is 0 Å². The van der Waals surface area contributed by atoms with E-state index in [1.54, 1.807) is 0 Å². The van der Waals surface area contributed by atoms with Gasteiger partial charge in [0.1, 0.15) is 5.58 Å². The molecule has 0 aliphatic rings. The molecule has 0 aliphatic heterocycles. The van der Waals surface area contributed by atoms with Crippen LogP contribution in [-0.4, -0.2) is 13.7 Å². The lowest BCUT2D eigenvalue weighted by Gasteiger charge is -2.27. The topological polar surface area (TPSA) is 37.6 Å². The fourth-order valence-electron chi connectivity index (χ4n) is 22.9. The minimum atomic E-state index is 0.830. The smallest absolute Gasteiger partial charge is 0.159 e. The summed E-state index contributed by atoms with van der Waals surface area (Å²) in [5, 5.41) is 23.5. The van der Waals surface area contributed by atoms with Crippen molar-refractivity contribution in [3.05, 3.63) is 534 Å². The van der Waals surface area contributed by atoms with E-state index in [9.17, 15) is 0 Å². The van der Waals surface area contributed by atoms with Gasteiger partial charge in [0, 0.05) is 106 Å². The second-order valence-corrected chi connectivity index (χ2v) is 38.4. The Bertz CT molecular complexity index is 10300. The molecular formula is C138H88N6O. The van der Waals surface area contributed by atoms with Gasteiger partial charge in [-0.15, -0.1) is 0 Å². The van der Waals surface area contributed by atoms with Crippen LogP contribution in [-0.2, 0) is 0 Å². The third kappa shape index (κ3) is 14.2. The van der Waals surface area contributed by atoms with Crippen molar-refractivity contribution in [1.29, 1.82) is 0 Å². The Morgan fingerprint density at radius 1 is 0.138 bits per heavy atom. The molecule has 4 heterocycles. The van der Waals surface area contributed by atoms with Crippen molar-refractivity contribution in [2.75, 3.05) is 14.7 Å². The lowest BCUT2D eigenvalue weighted by atomic mass is 9.97. The van der Waals surface area contributed by atoms with E-state index in [0.717, 1.165) is 184 Å². The highest BCUT2D eigenvalue weighted by atomic mass is 16.3. The molecule has 4 aromatic heterocycles.